The number of allylic oxidation sites excluding steroid dienone is 2. The average Bonchev–Trinajstić information content (AvgIpc) is 3.38. The molecule has 0 fully saturated rings. The minimum atomic E-state index is -0.168. The second-order valence-electron chi connectivity index (χ2n) is 10.1. The first-order valence-electron chi connectivity index (χ1n) is 13.3. The Hall–Kier alpha value is -4.83. The van der Waals surface area contributed by atoms with Gasteiger partial charge in [0.05, 0.1) is 28.9 Å². The molecule has 0 amide bonds. The Morgan fingerprint density at radius 2 is 1.59 bits per heavy atom. The van der Waals surface area contributed by atoms with Crippen molar-refractivity contribution in [2.75, 3.05) is 0 Å². The molecule has 0 saturated heterocycles. The molecule has 0 spiro atoms. The number of benzene rings is 3. The number of aromatic nitrogens is 1. The lowest BCUT2D eigenvalue weighted by Crippen LogP contribution is -2.27. The van der Waals surface area contributed by atoms with E-state index in [4.69, 9.17) is 19.4 Å². The monoisotopic (exact) mass is 505 g/mol. The third kappa shape index (κ3) is 3.71. The topological polar surface area (TPSA) is 50.8 Å². The molecule has 4 heterocycles. The molecule has 3 aromatic carbocycles. The molecule has 4 heteroatoms. The van der Waals surface area contributed by atoms with Crippen molar-refractivity contribution < 1.29 is 4.42 Å². The van der Waals surface area contributed by atoms with Crippen molar-refractivity contribution >= 4 is 33.5 Å². The normalized spacial score (nSPS) is 19.9. The van der Waals surface area contributed by atoms with Gasteiger partial charge in [0, 0.05) is 33.4 Å². The summed E-state index contributed by atoms with van der Waals surface area (Å²) in [5.74, 6) is 0.166. The molecule has 2 unspecified atom stereocenters. The molecule has 0 radical (unpaired) electrons. The van der Waals surface area contributed by atoms with Crippen LogP contribution in [0.15, 0.2) is 131 Å². The summed E-state index contributed by atoms with van der Waals surface area (Å²) >= 11 is 0. The van der Waals surface area contributed by atoms with Crippen molar-refractivity contribution in [3.63, 3.8) is 0 Å². The third-order valence-corrected chi connectivity index (χ3v) is 7.93. The van der Waals surface area contributed by atoms with Crippen LogP contribution in [0.1, 0.15) is 34.6 Å². The lowest BCUT2D eigenvalue weighted by atomic mass is 9.79. The van der Waals surface area contributed by atoms with Crippen molar-refractivity contribution in [2.24, 2.45) is 9.98 Å². The number of pyridine rings is 1. The molecule has 2 aliphatic rings. The van der Waals surface area contributed by atoms with E-state index in [0.29, 0.717) is 11.4 Å². The number of hydrogen-bond donors (Lipinski definition) is 0. The largest absolute Gasteiger partial charge is 0.437 e. The van der Waals surface area contributed by atoms with Gasteiger partial charge in [0.1, 0.15) is 5.58 Å². The molecule has 2 atom stereocenters. The first-order valence-corrected chi connectivity index (χ1v) is 13.3. The van der Waals surface area contributed by atoms with Crippen LogP contribution in [0, 0.1) is 0 Å². The number of hydrogen-bond acceptors (Lipinski definition) is 4. The van der Waals surface area contributed by atoms with Gasteiger partial charge in [-0.1, -0.05) is 86.5 Å². The maximum Gasteiger partial charge on any atom is 0.227 e. The van der Waals surface area contributed by atoms with Crippen LogP contribution >= 0.6 is 0 Å². The highest BCUT2D eigenvalue weighted by atomic mass is 16.3. The fourth-order valence-electron chi connectivity index (χ4n) is 6.07. The van der Waals surface area contributed by atoms with Gasteiger partial charge in [-0.3, -0.25) is 9.98 Å². The Balaban J connectivity index is 1.41. The summed E-state index contributed by atoms with van der Waals surface area (Å²) in [6.07, 6.45) is 5.38. The molecule has 0 bridgehead atoms. The van der Waals surface area contributed by atoms with Crippen LogP contribution in [-0.2, 0) is 6.42 Å². The maximum atomic E-state index is 6.52. The maximum absolute atomic E-state index is 6.52. The van der Waals surface area contributed by atoms with E-state index >= 15 is 0 Å². The third-order valence-electron chi connectivity index (χ3n) is 7.93. The first-order chi connectivity index (χ1) is 19.2. The van der Waals surface area contributed by atoms with Gasteiger partial charge in [-0.15, -0.1) is 0 Å². The zero-order valence-corrected chi connectivity index (χ0v) is 21.6. The van der Waals surface area contributed by atoms with E-state index in [9.17, 15) is 0 Å². The fraction of sp³-hybridized carbons (Fsp3) is 0.114. The highest BCUT2D eigenvalue weighted by Crippen LogP contribution is 2.41. The Labute approximate surface area is 227 Å². The summed E-state index contributed by atoms with van der Waals surface area (Å²) in [6, 6.07) is 27.0. The van der Waals surface area contributed by atoms with Gasteiger partial charge in [-0.25, -0.2) is 4.98 Å². The van der Waals surface area contributed by atoms with Gasteiger partial charge in [0.2, 0.25) is 5.71 Å². The predicted octanol–water partition coefficient (Wildman–Crippen LogP) is 8.22. The number of rotatable bonds is 3. The van der Waals surface area contributed by atoms with E-state index in [2.05, 4.69) is 80.4 Å². The zero-order valence-electron chi connectivity index (χ0n) is 21.6. The second kappa shape index (κ2) is 9.17. The summed E-state index contributed by atoms with van der Waals surface area (Å²) in [4.78, 5) is 15.0. The quantitative estimate of drug-likeness (QED) is 0.248. The van der Waals surface area contributed by atoms with E-state index in [0.717, 1.165) is 63.0 Å². The number of aliphatic imine (C=N–C) groups is 2. The van der Waals surface area contributed by atoms with E-state index in [1.807, 2.05) is 24.3 Å². The average molecular weight is 506 g/mol. The van der Waals surface area contributed by atoms with Crippen molar-refractivity contribution in [1.29, 1.82) is 0 Å². The number of aryl methyl sites for hydroxylation is 1. The lowest BCUT2D eigenvalue weighted by Gasteiger charge is -2.31. The van der Waals surface area contributed by atoms with E-state index < -0.39 is 0 Å². The molecule has 2 aliphatic heterocycles. The van der Waals surface area contributed by atoms with Crippen molar-refractivity contribution in [3.05, 3.63) is 139 Å². The van der Waals surface area contributed by atoms with Crippen LogP contribution in [0.4, 0.5) is 0 Å². The first kappa shape index (κ1) is 23.3. The molecule has 7 rings (SSSR count). The highest BCUT2D eigenvalue weighted by molar-refractivity contribution is 6.20. The van der Waals surface area contributed by atoms with Crippen LogP contribution in [0.25, 0.3) is 33.3 Å². The number of fused-ring (bicyclic) bond motifs is 8. The molecular weight excluding hydrogens is 478 g/mol. The Morgan fingerprint density at radius 3 is 2.41 bits per heavy atom. The molecule has 39 heavy (non-hydrogen) atoms. The van der Waals surface area contributed by atoms with Crippen molar-refractivity contribution in [2.45, 2.75) is 24.8 Å². The van der Waals surface area contributed by atoms with E-state index in [-0.39, 0.29) is 12.0 Å². The molecule has 0 N–H and O–H groups in total. The molecule has 188 valence electrons. The van der Waals surface area contributed by atoms with Crippen LogP contribution in [0.2, 0.25) is 0 Å². The lowest BCUT2D eigenvalue weighted by molar-refractivity contribution is 0.540. The summed E-state index contributed by atoms with van der Waals surface area (Å²) in [7, 11) is 0. The van der Waals surface area contributed by atoms with Crippen LogP contribution in [0.5, 0.6) is 0 Å². The highest BCUT2D eigenvalue weighted by Gasteiger charge is 2.33. The molecule has 0 aliphatic carbocycles. The predicted molar refractivity (Wildman–Crippen MR) is 161 cm³/mol. The van der Waals surface area contributed by atoms with Gasteiger partial charge >= 0.3 is 0 Å². The number of furan rings is 1. The molecule has 0 saturated carbocycles. The molecule has 2 aromatic heterocycles. The van der Waals surface area contributed by atoms with Crippen LogP contribution in [-0.4, -0.2) is 22.4 Å². The van der Waals surface area contributed by atoms with Gasteiger partial charge in [0.25, 0.3) is 0 Å². The second-order valence-corrected chi connectivity index (χ2v) is 10.1. The smallest absolute Gasteiger partial charge is 0.227 e. The fourth-order valence-corrected chi connectivity index (χ4v) is 6.07. The van der Waals surface area contributed by atoms with Gasteiger partial charge in [0.15, 0.2) is 0 Å². The zero-order chi connectivity index (χ0) is 26.5. The minimum Gasteiger partial charge on any atom is -0.437 e. The van der Waals surface area contributed by atoms with Crippen molar-refractivity contribution in [3.8, 4) is 11.3 Å². The molecule has 5 aromatic rings. The Morgan fingerprint density at radius 1 is 0.821 bits per heavy atom. The summed E-state index contributed by atoms with van der Waals surface area (Å²) in [6.45, 7) is 12.5. The Bertz CT molecular complexity index is 1870. The summed E-state index contributed by atoms with van der Waals surface area (Å²) < 4.78 is 6.52. The Kier molecular flexibility index (Phi) is 5.48. The standard InChI is InChI=1S/C35H27N3O/c1-4-29-25-14-10-9-13-24(25)26-17-15-23-16-18-27-28-19-20-31(22-11-7-6-8-12-22)38-35(28)39-34(27)32(23)30(5-2)36-21(3)33(26)37-29/h4-14,16,18-20,26,33H,1-3,15,17H2/b36-30-. The number of nitrogens with zero attached hydrogens (tertiary/aromatic N) is 3. The molecular formula is C35H27N3O. The van der Waals surface area contributed by atoms with Gasteiger partial charge in [-0.2, -0.15) is 0 Å². The minimum absolute atomic E-state index is 0.166. The van der Waals surface area contributed by atoms with Crippen LogP contribution in [0.3, 0.4) is 0 Å². The summed E-state index contributed by atoms with van der Waals surface area (Å²) in [5, 5.41) is 2.00. The van der Waals surface area contributed by atoms with E-state index in [1.54, 1.807) is 6.08 Å². The van der Waals surface area contributed by atoms with Gasteiger partial charge < -0.3 is 4.42 Å². The summed E-state index contributed by atoms with van der Waals surface area (Å²) in [5.41, 5.74) is 10.2. The SMILES string of the molecule is C=CC1=NC2C(=C)/N=C(/C=C)c3c(ccc4c3oc3nc(-c5ccccc5)ccc34)CCC2c2ccccc21. The van der Waals surface area contributed by atoms with Gasteiger partial charge in [-0.05, 0) is 48.3 Å². The van der Waals surface area contributed by atoms with Crippen LogP contribution < -0.4 is 0 Å². The van der Waals surface area contributed by atoms with Crippen molar-refractivity contribution in [1.82, 2.24) is 4.98 Å². The van der Waals surface area contributed by atoms with E-state index in [1.165, 1.54) is 11.1 Å². The molecule has 4 nitrogen and oxygen atoms in total.